The van der Waals surface area contributed by atoms with Crippen molar-refractivity contribution in [2.24, 2.45) is 0 Å². The minimum absolute atomic E-state index is 0.0417. The molecule has 0 aromatic carbocycles. The van der Waals surface area contributed by atoms with E-state index in [0.29, 0.717) is 5.88 Å². The van der Waals surface area contributed by atoms with Crippen molar-refractivity contribution in [3.8, 4) is 0 Å². The van der Waals surface area contributed by atoms with E-state index in [9.17, 15) is 4.79 Å². The molecule has 0 atom stereocenters. The van der Waals surface area contributed by atoms with Gasteiger partial charge >= 0.3 is 0 Å². The van der Waals surface area contributed by atoms with Crippen LogP contribution in [0.1, 0.15) is 35.0 Å². The Morgan fingerprint density at radius 1 is 1.67 bits per heavy atom. The molecule has 15 heavy (non-hydrogen) atoms. The van der Waals surface area contributed by atoms with Crippen LogP contribution in [-0.4, -0.2) is 17.3 Å². The van der Waals surface area contributed by atoms with Crippen LogP contribution >= 0.6 is 22.9 Å². The van der Waals surface area contributed by atoms with Gasteiger partial charge in [0.05, 0.1) is 10.4 Å². The maximum atomic E-state index is 11.9. The summed E-state index contributed by atoms with van der Waals surface area (Å²) >= 11 is 7.33. The quantitative estimate of drug-likeness (QED) is 0.810. The molecule has 1 N–H and O–H groups in total. The van der Waals surface area contributed by atoms with E-state index in [-0.39, 0.29) is 11.4 Å². The summed E-state index contributed by atoms with van der Waals surface area (Å²) in [6, 6.07) is 2.01. The lowest BCUT2D eigenvalue weighted by Crippen LogP contribution is -2.38. The molecule has 0 saturated heterocycles. The SMILES string of the molecule is CCc1ccsc1C(=O)NC1(CCl)CC1. The monoisotopic (exact) mass is 243 g/mol. The Morgan fingerprint density at radius 2 is 2.40 bits per heavy atom. The molecule has 0 aliphatic heterocycles. The largest absolute Gasteiger partial charge is 0.345 e. The highest BCUT2D eigenvalue weighted by Gasteiger charge is 2.43. The number of amides is 1. The molecule has 0 radical (unpaired) electrons. The Kier molecular flexibility index (Phi) is 3.03. The molecule has 1 heterocycles. The van der Waals surface area contributed by atoms with Gasteiger partial charge in [-0.25, -0.2) is 0 Å². The predicted molar refractivity (Wildman–Crippen MR) is 63.8 cm³/mol. The summed E-state index contributed by atoms with van der Waals surface area (Å²) in [7, 11) is 0. The van der Waals surface area contributed by atoms with Crippen molar-refractivity contribution in [2.45, 2.75) is 31.7 Å². The van der Waals surface area contributed by atoms with Gasteiger partial charge in [-0.1, -0.05) is 6.92 Å². The van der Waals surface area contributed by atoms with Crippen LogP contribution in [0.4, 0.5) is 0 Å². The first-order chi connectivity index (χ1) is 7.21. The summed E-state index contributed by atoms with van der Waals surface area (Å²) in [5.41, 5.74) is 1.02. The summed E-state index contributed by atoms with van der Waals surface area (Å²) < 4.78 is 0. The van der Waals surface area contributed by atoms with E-state index in [4.69, 9.17) is 11.6 Å². The van der Waals surface area contributed by atoms with E-state index >= 15 is 0 Å². The fourth-order valence-corrected chi connectivity index (χ4v) is 2.78. The van der Waals surface area contributed by atoms with Gasteiger partial charge in [-0.3, -0.25) is 4.79 Å². The molecular formula is C11H14ClNOS. The van der Waals surface area contributed by atoms with Crippen LogP contribution in [0.2, 0.25) is 0 Å². The van der Waals surface area contributed by atoms with E-state index in [0.717, 1.165) is 29.7 Å². The van der Waals surface area contributed by atoms with Gasteiger partial charge in [0.25, 0.3) is 5.91 Å². The molecule has 1 aromatic heterocycles. The maximum absolute atomic E-state index is 11.9. The van der Waals surface area contributed by atoms with Crippen molar-refractivity contribution in [3.63, 3.8) is 0 Å². The summed E-state index contributed by atoms with van der Waals surface area (Å²) in [6.45, 7) is 2.06. The van der Waals surface area contributed by atoms with Crippen molar-refractivity contribution in [2.75, 3.05) is 5.88 Å². The molecule has 1 aliphatic rings. The van der Waals surface area contributed by atoms with Crippen LogP contribution in [0.5, 0.6) is 0 Å². The van der Waals surface area contributed by atoms with Gasteiger partial charge in [-0.05, 0) is 36.3 Å². The minimum atomic E-state index is -0.104. The zero-order valence-corrected chi connectivity index (χ0v) is 10.3. The highest BCUT2D eigenvalue weighted by atomic mass is 35.5. The van der Waals surface area contributed by atoms with E-state index in [1.54, 1.807) is 0 Å². The van der Waals surface area contributed by atoms with Gasteiger partial charge in [0.15, 0.2) is 0 Å². The van der Waals surface area contributed by atoms with Crippen molar-refractivity contribution >= 4 is 28.8 Å². The van der Waals surface area contributed by atoms with Crippen molar-refractivity contribution in [1.29, 1.82) is 0 Å². The highest BCUT2D eigenvalue weighted by Crippen LogP contribution is 2.37. The van der Waals surface area contributed by atoms with Crippen LogP contribution in [-0.2, 0) is 6.42 Å². The molecule has 1 aliphatic carbocycles. The van der Waals surface area contributed by atoms with Crippen LogP contribution in [0, 0.1) is 0 Å². The molecular weight excluding hydrogens is 230 g/mol. The third-order valence-electron chi connectivity index (χ3n) is 2.82. The number of thiophene rings is 1. The molecule has 0 spiro atoms. The molecule has 1 fully saturated rings. The van der Waals surface area contributed by atoms with Crippen LogP contribution in [0.3, 0.4) is 0 Å². The fraction of sp³-hybridized carbons (Fsp3) is 0.545. The lowest BCUT2D eigenvalue weighted by Gasteiger charge is -2.13. The third-order valence-corrected chi connectivity index (χ3v) is 4.29. The summed E-state index contributed by atoms with van der Waals surface area (Å²) in [6.07, 6.45) is 2.92. The number of halogens is 1. The molecule has 0 bridgehead atoms. The minimum Gasteiger partial charge on any atom is -0.345 e. The van der Waals surface area contributed by atoms with E-state index in [1.165, 1.54) is 11.3 Å². The van der Waals surface area contributed by atoms with Crippen molar-refractivity contribution in [3.05, 3.63) is 21.9 Å². The smallest absolute Gasteiger partial charge is 0.262 e. The van der Waals surface area contributed by atoms with Gasteiger partial charge < -0.3 is 5.32 Å². The van der Waals surface area contributed by atoms with Gasteiger partial charge in [0.1, 0.15) is 0 Å². The first-order valence-corrected chi connectivity index (χ1v) is 6.57. The zero-order valence-electron chi connectivity index (χ0n) is 8.68. The molecule has 2 rings (SSSR count). The van der Waals surface area contributed by atoms with Crippen LogP contribution < -0.4 is 5.32 Å². The van der Waals surface area contributed by atoms with E-state index in [2.05, 4.69) is 12.2 Å². The number of alkyl halides is 1. The molecule has 0 unspecified atom stereocenters. The van der Waals surface area contributed by atoms with Crippen molar-refractivity contribution < 1.29 is 4.79 Å². The van der Waals surface area contributed by atoms with E-state index < -0.39 is 0 Å². The molecule has 1 amide bonds. The average molecular weight is 244 g/mol. The molecule has 1 saturated carbocycles. The average Bonchev–Trinajstić information content (AvgIpc) is 2.85. The molecule has 1 aromatic rings. The lowest BCUT2D eigenvalue weighted by molar-refractivity contribution is 0.0939. The van der Waals surface area contributed by atoms with Gasteiger partial charge in [0, 0.05) is 5.88 Å². The number of carbonyl (C=O) groups excluding carboxylic acids is 1. The Bertz CT molecular complexity index is 370. The second kappa shape index (κ2) is 4.14. The number of carbonyl (C=O) groups is 1. The second-order valence-electron chi connectivity index (χ2n) is 4.00. The Hall–Kier alpha value is -0.540. The van der Waals surface area contributed by atoms with Crippen LogP contribution in [0.25, 0.3) is 0 Å². The topological polar surface area (TPSA) is 29.1 Å². The lowest BCUT2D eigenvalue weighted by atomic mass is 10.2. The van der Waals surface area contributed by atoms with Gasteiger partial charge in [-0.15, -0.1) is 22.9 Å². The number of hydrogen-bond acceptors (Lipinski definition) is 2. The van der Waals surface area contributed by atoms with E-state index in [1.807, 2.05) is 11.4 Å². The molecule has 2 nitrogen and oxygen atoms in total. The predicted octanol–water partition coefficient (Wildman–Crippen LogP) is 2.81. The van der Waals surface area contributed by atoms with Crippen molar-refractivity contribution in [1.82, 2.24) is 5.32 Å². The number of rotatable bonds is 4. The summed E-state index contributed by atoms with van der Waals surface area (Å²) in [5, 5.41) is 5.00. The van der Waals surface area contributed by atoms with Crippen LogP contribution in [0.15, 0.2) is 11.4 Å². The Morgan fingerprint density at radius 3 is 2.93 bits per heavy atom. The number of aryl methyl sites for hydroxylation is 1. The third kappa shape index (κ3) is 2.18. The normalized spacial score (nSPS) is 17.5. The first-order valence-electron chi connectivity index (χ1n) is 5.15. The fourth-order valence-electron chi connectivity index (χ4n) is 1.55. The molecule has 4 heteroatoms. The number of nitrogens with one attached hydrogen (secondary N) is 1. The van der Waals surface area contributed by atoms with Gasteiger partial charge in [0.2, 0.25) is 0 Å². The highest BCUT2D eigenvalue weighted by molar-refractivity contribution is 7.12. The second-order valence-corrected chi connectivity index (χ2v) is 5.18. The Balaban J connectivity index is 2.08. The number of hydrogen-bond donors (Lipinski definition) is 1. The first kappa shape index (κ1) is 11.0. The maximum Gasteiger partial charge on any atom is 0.262 e. The molecule has 82 valence electrons. The Labute approximate surface area is 98.6 Å². The zero-order chi connectivity index (χ0) is 10.9. The summed E-state index contributed by atoms with van der Waals surface area (Å²) in [5.74, 6) is 0.561. The van der Waals surface area contributed by atoms with Gasteiger partial charge in [-0.2, -0.15) is 0 Å². The summed E-state index contributed by atoms with van der Waals surface area (Å²) in [4.78, 5) is 12.8. The standard InChI is InChI=1S/C11H14ClNOS/c1-2-8-3-6-15-9(8)10(14)13-11(7-12)4-5-11/h3,6H,2,4-5,7H2,1H3,(H,13,14).